The summed E-state index contributed by atoms with van der Waals surface area (Å²) in [5, 5.41) is 1.87. The molecule has 1 aromatic heterocycles. The lowest BCUT2D eigenvalue weighted by Gasteiger charge is -2.42. The van der Waals surface area contributed by atoms with E-state index in [4.69, 9.17) is 38.6 Å². The van der Waals surface area contributed by atoms with Gasteiger partial charge in [-0.15, -0.1) is 0 Å². The zero-order chi connectivity index (χ0) is 37.4. The average Bonchev–Trinajstić information content (AvgIpc) is 3.90. The van der Waals surface area contributed by atoms with Gasteiger partial charge in [0.2, 0.25) is 11.5 Å². The van der Waals surface area contributed by atoms with Gasteiger partial charge in [0.05, 0.1) is 28.6 Å². The van der Waals surface area contributed by atoms with Crippen molar-refractivity contribution < 1.29 is 42.2 Å². The standard InChI is InChI=1S/C39H44F2N6O7/c1-38(2,3)52-37(48)47-24-10-11-25(47)19-45(18-24)35-30-32(42-36(43-35)50-20-39-12-7-13-46(39)17-23(40)16-39)31(41)29(33-34(30)54-44-53-33)28-15-26(51-21-49-4)14-22-8-5-6-9-27(22)28/h5-6,8-9,14-15,23-25,44H,7,10-13,16-21H2,1-4H3/t23-,24-,25+,39+/m1/s1. The van der Waals surface area contributed by atoms with Crippen LogP contribution in [0.25, 0.3) is 32.8 Å². The van der Waals surface area contributed by atoms with E-state index in [1.54, 1.807) is 6.07 Å². The number of nitrogens with zero attached hydrogens (tertiary/aromatic N) is 5. The van der Waals surface area contributed by atoms with E-state index in [0.29, 0.717) is 48.6 Å². The predicted octanol–water partition coefficient (Wildman–Crippen LogP) is 6.31. The average molecular weight is 747 g/mol. The molecule has 9 rings (SSSR count). The minimum Gasteiger partial charge on any atom is -0.468 e. The third kappa shape index (κ3) is 5.96. The largest absolute Gasteiger partial charge is 0.468 e. The zero-order valence-corrected chi connectivity index (χ0v) is 30.8. The molecule has 5 aliphatic rings. The molecule has 0 spiro atoms. The number of alkyl halides is 1. The lowest BCUT2D eigenvalue weighted by atomic mass is 9.94. The number of hydrogen-bond acceptors (Lipinski definition) is 12. The summed E-state index contributed by atoms with van der Waals surface area (Å²) in [5.74, 6) is 0.540. The van der Waals surface area contributed by atoms with E-state index in [-0.39, 0.29) is 60.2 Å². The third-order valence-corrected chi connectivity index (χ3v) is 11.3. The van der Waals surface area contributed by atoms with Gasteiger partial charge in [-0.3, -0.25) is 9.80 Å². The van der Waals surface area contributed by atoms with Crippen LogP contribution >= 0.6 is 0 Å². The second-order valence-electron chi connectivity index (χ2n) is 16.0. The van der Waals surface area contributed by atoms with Crippen LogP contribution in [0.5, 0.6) is 23.3 Å². The van der Waals surface area contributed by atoms with Crippen molar-refractivity contribution in [3.05, 3.63) is 42.2 Å². The predicted molar refractivity (Wildman–Crippen MR) is 195 cm³/mol. The molecule has 3 aromatic carbocycles. The van der Waals surface area contributed by atoms with Crippen LogP contribution in [0.2, 0.25) is 0 Å². The smallest absolute Gasteiger partial charge is 0.410 e. The van der Waals surface area contributed by atoms with Crippen LogP contribution < -0.4 is 29.7 Å². The molecule has 2 bridgehead atoms. The van der Waals surface area contributed by atoms with Crippen molar-refractivity contribution in [3.63, 3.8) is 0 Å². The van der Waals surface area contributed by atoms with Crippen LogP contribution in [-0.4, -0.2) is 102 Å². The molecular weight excluding hydrogens is 702 g/mol. The highest BCUT2D eigenvalue weighted by atomic mass is 19.1. The number of nitrogens with one attached hydrogen (secondary N) is 1. The number of fused-ring (bicyclic) bond motifs is 7. The number of amides is 1. The van der Waals surface area contributed by atoms with Gasteiger partial charge in [0.25, 0.3) is 0 Å². The summed E-state index contributed by atoms with van der Waals surface area (Å²) >= 11 is 0. The van der Waals surface area contributed by atoms with Crippen LogP contribution in [0.3, 0.4) is 0 Å². The molecule has 0 saturated carbocycles. The van der Waals surface area contributed by atoms with E-state index in [1.807, 2.05) is 60.9 Å². The van der Waals surface area contributed by atoms with Crippen molar-refractivity contribution in [1.82, 2.24) is 25.4 Å². The van der Waals surface area contributed by atoms with Crippen LogP contribution in [0.4, 0.5) is 19.4 Å². The molecule has 4 atom stereocenters. The Balaban J connectivity index is 1.19. The number of anilines is 1. The van der Waals surface area contributed by atoms with Crippen molar-refractivity contribution in [2.75, 3.05) is 51.6 Å². The number of piperazine rings is 1. The fourth-order valence-corrected chi connectivity index (χ4v) is 9.11. The molecule has 1 amide bonds. The van der Waals surface area contributed by atoms with Gasteiger partial charge in [-0.05, 0) is 75.9 Å². The molecular formula is C39H44F2N6O7. The van der Waals surface area contributed by atoms with Crippen LogP contribution in [0.15, 0.2) is 36.4 Å². The van der Waals surface area contributed by atoms with Crippen molar-refractivity contribution in [2.45, 2.75) is 82.3 Å². The van der Waals surface area contributed by atoms with E-state index < -0.39 is 23.1 Å². The van der Waals surface area contributed by atoms with E-state index in [9.17, 15) is 9.18 Å². The quantitative estimate of drug-likeness (QED) is 0.204. The second-order valence-corrected chi connectivity index (χ2v) is 16.0. The Labute approximate surface area is 311 Å². The Morgan fingerprint density at radius 3 is 2.61 bits per heavy atom. The van der Waals surface area contributed by atoms with Gasteiger partial charge in [-0.2, -0.15) is 9.97 Å². The molecule has 4 aromatic rings. The number of hydrogen-bond donors (Lipinski definition) is 1. The minimum atomic E-state index is -0.940. The summed E-state index contributed by atoms with van der Waals surface area (Å²) in [6, 6.07) is 10.8. The monoisotopic (exact) mass is 746 g/mol. The van der Waals surface area contributed by atoms with E-state index >= 15 is 4.39 Å². The number of halogens is 2. The highest BCUT2D eigenvalue weighted by Crippen LogP contribution is 2.52. The minimum absolute atomic E-state index is 0.000207. The first-order valence-electron chi connectivity index (χ1n) is 18.6. The number of carbonyl (C=O) groups is 1. The molecule has 0 unspecified atom stereocenters. The van der Waals surface area contributed by atoms with E-state index in [2.05, 4.69) is 10.5 Å². The fourth-order valence-electron chi connectivity index (χ4n) is 9.11. The van der Waals surface area contributed by atoms with E-state index in [1.165, 1.54) is 7.11 Å². The summed E-state index contributed by atoms with van der Waals surface area (Å²) in [6.07, 6.45) is 2.37. The Morgan fingerprint density at radius 2 is 1.83 bits per heavy atom. The molecule has 4 saturated heterocycles. The van der Waals surface area contributed by atoms with Crippen molar-refractivity contribution in [3.8, 4) is 34.4 Å². The number of ether oxygens (including phenoxy) is 4. The first-order valence-corrected chi connectivity index (χ1v) is 18.6. The van der Waals surface area contributed by atoms with Gasteiger partial charge in [-0.25, -0.2) is 13.6 Å². The number of carbonyl (C=O) groups excluding carboxylic acids is 1. The maximum absolute atomic E-state index is 17.6. The Hall–Kier alpha value is -4.73. The molecule has 5 aliphatic heterocycles. The Bertz CT molecular complexity index is 2120. The van der Waals surface area contributed by atoms with Crippen molar-refractivity contribution >= 4 is 33.6 Å². The highest BCUT2D eigenvalue weighted by Gasteiger charge is 2.50. The lowest BCUT2D eigenvalue weighted by molar-refractivity contribution is 0.0122. The van der Waals surface area contributed by atoms with Gasteiger partial charge in [0.15, 0.2) is 12.6 Å². The van der Waals surface area contributed by atoms with Gasteiger partial charge in [0.1, 0.15) is 35.5 Å². The number of methoxy groups -OCH3 is 1. The van der Waals surface area contributed by atoms with Crippen molar-refractivity contribution in [1.29, 1.82) is 0 Å². The summed E-state index contributed by atoms with van der Waals surface area (Å²) < 4.78 is 55.5. The van der Waals surface area contributed by atoms with E-state index in [0.717, 1.165) is 43.0 Å². The summed E-state index contributed by atoms with van der Waals surface area (Å²) in [6.45, 7) is 7.73. The molecule has 15 heteroatoms. The topological polar surface area (TPSA) is 120 Å². The van der Waals surface area contributed by atoms with Gasteiger partial charge in [-0.1, -0.05) is 24.3 Å². The summed E-state index contributed by atoms with van der Waals surface area (Å²) in [5.41, 5.74) is 1.96. The van der Waals surface area contributed by atoms with Crippen LogP contribution in [0, 0.1) is 5.82 Å². The molecule has 1 N–H and O–H groups in total. The molecule has 13 nitrogen and oxygen atoms in total. The first kappa shape index (κ1) is 35.0. The van der Waals surface area contributed by atoms with Crippen molar-refractivity contribution in [2.24, 2.45) is 0 Å². The molecule has 0 aliphatic carbocycles. The lowest BCUT2D eigenvalue weighted by Crippen LogP contribution is -2.57. The number of benzene rings is 3. The normalized spacial score (nSPS) is 24.8. The summed E-state index contributed by atoms with van der Waals surface area (Å²) in [7, 11) is 1.53. The maximum Gasteiger partial charge on any atom is 0.410 e. The maximum atomic E-state index is 17.6. The van der Waals surface area contributed by atoms with Gasteiger partial charge in [0, 0.05) is 44.4 Å². The molecule has 4 fully saturated rings. The fraction of sp³-hybridized carbons (Fsp3) is 0.513. The molecule has 54 heavy (non-hydrogen) atoms. The first-order chi connectivity index (χ1) is 26.0. The molecule has 6 heterocycles. The second kappa shape index (κ2) is 13.2. The highest BCUT2D eigenvalue weighted by molar-refractivity contribution is 6.07. The number of rotatable bonds is 8. The van der Waals surface area contributed by atoms with Gasteiger partial charge < -0.3 is 33.5 Å². The van der Waals surface area contributed by atoms with Crippen LogP contribution in [-0.2, 0) is 9.47 Å². The van der Waals surface area contributed by atoms with Gasteiger partial charge >= 0.3 is 12.1 Å². The SMILES string of the molecule is COCOc1cc(-c2c3c(c4c(N5C[C@H]6CC[C@@H](C5)N6C(=O)OC(C)(C)C)nc(OC[C@@]56CCCN5C[C@H](F)C6)nc4c2F)ONO3)c2ccccc2c1. The number of aromatic nitrogens is 2. The Kier molecular flexibility index (Phi) is 8.58. The molecule has 0 radical (unpaired) electrons. The zero-order valence-electron chi connectivity index (χ0n) is 30.8. The van der Waals surface area contributed by atoms with Crippen LogP contribution in [0.1, 0.15) is 52.9 Å². The molecule has 286 valence electrons. The summed E-state index contributed by atoms with van der Waals surface area (Å²) in [4.78, 5) is 40.8. The third-order valence-electron chi connectivity index (χ3n) is 11.3. The Morgan fingerprint density at radius 1 is 1.06 bits per heavy atom.